The van der Waals surface area contributed by atoms with Crippen molar-refractivity contribution in [2.75, 3.05) is 36.0 Å². The Balaban J connectivity index is 1.82. The van der Waals surface area contributed by atoms with Crippen LogP contribution in [0, 0.1) is 0 Å². The Morgan fingerprint density at radius 1 is 0.852 bits per heavy atom. The van der Waals surface area contributed by atoms with Gasteiger partial charge in [0.25, 0.3) is 5.56 Å². The summed E-state index contributed by atoms with van der Waals surface area (Å²) in [6.07, 6.45) is 0. The normalized spacial score (nSPS) is 15.9. The average Bonchev–Trinajstić information content (AvgIpc) is 2.61. The highest BCUT2D eigenvalue weighted by Gasteiger charge is 2.26. The quantitative estimate of drug-likeness (QED) is 0.875. The van der Waals surface area contributed by atoms with Gasteiger partial charge < -0.3 is 9.80 Å². The van der Waals surface area contributed by atoms with Gasteiger partial charge in [-0.3, -0.25) is 4.79 Å². The molecule has 0 aliphatic carbocycles. The monoisotopic (exact) mass is 370 g/mol. The number of aromatic amines is 1. The van der Waals surface area contributed by atoms with E-state index < -0.39 is 0 Å². The molecule has 0 unspecified atom stereocenters. The van der Waals surface area contributed by atoms with Crippen LogP contribution in [-0.4, -0.2) is 46.3 Å². The third-order valence-electron chi connectivity index (χ3n) is 4.74. The van der Waals surface area contributed by atoms with Crippen LogP contribution in [0.2, 0.25) is 0 Å². The fourth-order valence-corrected chi connectivity index (χ4v) is 2.99. The SMILES string of the molecule is CC(C)(C)c1cc(N2CCN(c3ccc(=O)[nH]n3)CC2)nc(C(C)(C)C)n1. The number of piperazine rings is 1. The molecule has 7 heteroatoms. The van der Waals surface area contributed by atoms with Crippen molar-refractivity contribution < 1.29 is 0 Å². The van der Waals surface area contributed by atoms with E-state index in [-0.39, 0.29) is 16.4 Å². The zero-order valence-electron chi connectivity index (χ0n) is 17.2. The summed E-state index contributed by atoms with van der Waals surface area (Å²) in [6, 6.07) is 5.42. The average molecular weight is 371 g/mol. The highest BCUT2D eigenvalue weighted by molar-refractivity contribution is 5.46. The third kappa shape index (κ3) is 4.46. The standard InChI is InChI=1S/C20H30N6O/c1-19(2,3)14-13-16(22-18(21-14)20(4,5)6)26-11-9-25(10-12-26)15-7-8-17(27)24-23-15/h7-8,13H,9-12H2,1-6H3,(H,24,27). The molecule has 1 aliphatic heterocycles. The van der Waals surface area contributed by atoms with Crippen molar-refractivity contribution in [1.82, 2.24) is 20.2 Å². The predicted octanol–water partition coefficient (Wildman–Crippen LogP) is 2.48. The Hall–Kier alpha value is -2.44. The second-order valence-electron chi connectivity index (χ2n) is 9.19. The van der Waals surface area contributed by atoms with Crippen LogP contribution in [0.25, 0.3) is 0 Å². The summed E-state index contributed by atoms with van der Waals surface area (Å²) in [7, 11) is 0. The first-order chi connectivity index (χ1) is 12.5. The minimum atomic E-state index is -0.178. The van der Waals surface area contributed by atoms with Crippen molar-refractivity contribution >= 4 is 11.6 Å². The zero-order valence-corrected chi connectivity index (χ0v) is 17.2. The van der Waals surface area contributed by atoms with E-state index in [2.05, 4.69) is 67.6 Å². The van der Waals surface area contributed by atoms with E-state index in [9.17, 15) is 4.79 Å². The number of nitrogens with one attached hydrogen (secondary N) is 1. The highest BCUT2D eigenvalue weighted by Crippen LogP contribution is 2.28. The van der Waals surface area contributed by atoms with E-state index in [1.807, 2.05) is 0 Å². The molecule has 7 nitrogen and oxygen atoms in total. The van der Waals surface area contributed by atoms with Crippen LogP contribution in [0.1, 0.15) is 53.1 Å². The molecule has 2 aromatic rings. The third-order valence-corrected chi connectivity index (χ3v) is 4.74. The second kappa shape index (κ2) is 6.94. The molecule has 27 heavy (non-hydrogen) atoms. The number of H-pyrrole nitrogens is 1. The molecule has 1 N–H and O–H groups in total. The molecule has 1 aliphatic rings. The van der Waals surface area contributed by atoms with Crippen LogP contribution in [-0.2, 0) is 10.8 Å². The molecule has 0 spiro atoms. The lowest BCUT2D eigenvalue weighted by molar-refractivity contribution is 0.510. The van der Waals surface area contributed by atoms with Crippen LogP contribution < -0.4 is 15.4 Å². The summed E-state index contributed by atoms with van der Waals surface area (Å²) >= 11 is 0. The Kier molecular flexibility index (Phi) is 4.97. The second-order valence-corrected chi connectivity index (χ2v) is 9.19. The number of hydrogen-bond donors (Lipinski definition) is 1. The molecule has 0 bridgehead atoms. The fourth-order valence-electron chi connectivity index (χ4n) is 2.99. The molecule has 0 aromatic carbocycles. The van der Waals surface area contributed by atoms with Gasteiger partial charge in [-0.2, -0.15) is 5.10 Å². The summed E-state index contributed by atoms with van der Waals surface area (Å²) < 4.78 is 0. The van der Waals surface area contributed by atoms with Gasteiger partial charge in [0, 0.05) is 49.1 Å². The molecule has 146 valence electrons. The summed E-state index contributed by atoms with van der Waals surface area (Å²) in [5, 5.41) is 6.64. The molecule has 1 saturated heterocycles. The molecule has 3 heterocycles. The van der Waals surface area contributed by atoms with Crippen molar-refractivity contribution in [1.29, 1.82) is 0 Å². The smallest absolute Gasteiger partial charge is 0.264 e. The first kappa shape index (κ1) is 19.3. The highest BCUT2D eigenvalue weighted by atomic mass is 16.1. The predicted molar refractivity (Wildman–Crippen MR) is 109 cm³/mol. The van der Waals surface area contributed by atoms with E-state index in [1.165, 1.54) is 6.07 Å². The molecule has 1 fully saturated rings. The number of nitrogens with zero attached hydrogens (tertiary/aromatic N) is 5. The largest absolute Gasteiger partial charge is 0.353 e. The molecule has 0 amide bonds. The lowest BCUT2D eigenvalue weighted by Crippen LogP contribution is -2.47. The lowest BCUT2D eigenvalue weighted by Gasteiger charge is -2.36. The van der Waals surface area contributed by atoms with Gasteiger partial charge in [0.05, 0.1) is 5.69 Å². The topological polar surface area (TPSA) is 78.0 Å². The first-order valence-electron chi connectivity index (χ1n) is 9.50. The summed E-state index contributed by atoms with van der Waals surface area (Å²) in [5.74, 6) is 2.69. The summed E-state index contributed by atoms with van der Waals surface area (Å²) in [5.41, 5.74) is 0.765. The minimum Gasteiger partial charge on any atom is -0.353 e. The molecule has 3 rings (SSSR count). The van der Waals surface area contributed by atoms with Gasteiger partial charge in [-0.05, 0) is 6.07 Å². The van der Waals surface area contributed by atoms with Crippen molar-refractivity contribution in [2.45, 2.75) is 52.4 Å². The van der Waals surface area contributed by atoms with Crippen LogP contribution in [0.15, 0.2) is 23.0 Å². The molecule has 0 saturated carbocycles. The first-order valence-corrected chi connectivity index (χ1v) is 9.50. The Bertz CT molecular complexity index is 801. The molecule has 2 aromatic heterocycles. The Morgan fingerprint density at radius 2 is 1.44 bits per heavy atom. The maximum atomic E-state index is 11.2. The molecule has 0 atom stereocenters. The summed E-state index contributed by atoms with van der Waals surface area (Å²) in [4.78, 5) is 25.4. The zero-order chi connectivity index (χ0) is 19.8. The number of aromatic nitrogens is 4. The maximum absolute atomic E-state index is 11.2. The minimum absolute atomic E-state index is 0.0284. The van der Waals surface area contributed by atoms with E-state index in [0.29, 0.717) is 0 Å². The Labute approximate surface area is 160 Å². The van der Waals surface area contributed by atoms with Crippen LogP contribution >= 0.6 is 0 Å². The van der Waals surface area contributed by atoms with Gasteiger partial charge in [-0.25, -0.2) is 15.1 Å². The van der Waals surface area contributed by atoms with E-state index in [1.54, 1.807) is 6.07 Å². The maximum Gasteiger partial charge on any atom is 0.264 e. The van der Waals surface area contributed by atoms with Crippen molar-refractivity contribution in [3.63, 3.8) is 0 Å². The lowest BCUT2D eigenvalue weighted by atomic mass is 9.90. The molecular formula is C20H30N6O. The number of anilines is 2. The number of hydrogen-bond acceptors (Lipinski definition) is 6. The van der Waals surface area contributed by atoms with Gasteiger partial charge in [0.2, 0.25) is 0 Å². The fraction of sp³-hybridized carbons (Fsp3) is 0.600. The van der Waals surface area contributed by atoms with Crippen molar-refractivity contribution in [2.24, 2.45) is 0 Å². The van der Waals surface area contributed by atoms with Crippen LogP contribution in [0.5, 0.6) is 0 Å². The Morgan fingerprint density at radius 3 is 1.93 bits per heavy atom. The molecular weight excluding hydrogens is 340 g/mol. The van der Waals surface area contributed by atoms with Gasteiger partial charge >= 0.3 is 0 Å². The van der Waals surface area contributed by atoms with Crippen molar-refractivity contribution in [3.05, 3.63) is 40.1 Å². The van der Waals surface area contributed by atoms with Gasteiger partial charge in [-0.15, -0.1) is 0 Å². The number of rotatable bonds is 2. The van der Waals surface area contributed by atoms with E-state index >= 15 is 0 Å². The van der Waals surface area contributed by atoms with Crippen LogP contribution in [0.4, 0.5) is 11.6 Å². The van der Waals surface area contributed by atoms with Gasteiger partial charge in [-0.1, -0.05) is 41.5 Å². The van der Waals surface area contributed by atoms with Crippen LogP contribution in [0.3, 0.4) is 0 Å². The molecule has 0 radical (unpaired) electrons. The van der Waals surface area contributed by atoms with Crippen molar-refractivity contribution in [3.8, 4) is 0 Å². The van der Waals surface area contributed by atoms with E-state index in [4.69, 9.17) is 9.97 Å². The van der Waals surface area contributed by atoms with Gasteiger partial charge in [0.1, 0.15) is 17.5 Å². The van der Waals surface area contributed by atoms with Gasteiger partial charge in [0.15, 0.2) is 0 Å². The summed E-state index contributed by atoms with van der Waals surface area (Å²) in [6.45, 7) is 16.4. The van der Waals surface area contributed by atoms with E-state index in [0.717, 1.165) is 49.3 Å².